The van der Waals surface area contributed by atoms with Gasteiger partial charge < -0.3 is 5.32 Å². The Bertz CT molecular complexity index is 672. The molecule has 2 aromatic carbocycles. The molecule has 0 saturated heterocycles. The summed E-state index contributed by atoms with van der Waals surface area (Å²) in [5.74, 6) is 0. The molecule has 0 heterocycles. The summed E-state index contributed by atoms with van der Waals surface area (Å²) in [6.45, 7) is 0.839. The van der Waals surface area contributed by atoms with E-state index in [0.717, 1.165) is 26.9 Å². The standard InChI is InChI=1S/C17H15ClN2S/c18-14-2-6-16(7-3-14)21-17-8-1-12(9-13(17)10-19)11-20-15-4-5-15/h1-3,6-9,15,20H,4-5,11H2. The molecule has 1 fully saturated rings. The van der Waals surface area contributed by atoms with Crippen molar-refractivity contribution in [3.8, 4) is 6.07 Å². The van der Waals surface area contributed by atoms with Crippen molar-refractivity contribution < 1.29 is 0 Å². The molecule has 0 spiro atoms. The summed E-state index contributed by atoms with van der Waals surface area (Å²) in [5.41, 5.74) is 1.89. The molecule has 0 radical (unpaired) electrons. The normalized spacial score (nSPS) is 13.9. The van der Waals surface area contributed by atoms with E-state index in [9.17, 15) is 5.26 Å². The minimum absolute atomic E-state index is 0.679. The average molecular weight is 315 g/mol. The SMILES string of the molecule is N#Cc1cc(CNC2CC2)ccc1Sc1ccc(Cl)cc1. The van der Waals surface area contributed by atoms with Crippen molar-refractivity contribution >= 4 is 23.4 Å². The van der Waals surface area contributed by atoms with Crippen LogP contribution in [0.25, 0.3) is 0 Å². The maximum absolute atomic E-state index is 9.35. The summed E-state index contributed by atoms with van der Waals surface area (Å²) in [6.07, 6.45) is 2.55. The van der Waals surface area contributed by atoms with Crippen LogP contribution in [0, 0.1) is 11.3 Å². The smallest absolute Gasteiger partial charge is 0.100 e. The van der Waals surface area contributed by atoms with E-state index in [4.69, 9.17) is 11.6 Å². The van der Waals surface area contributed by atoms with Crippen molar-refractivity contribution in [3.05, 3.63) is 58.6 Å². The molecular weight excluding hydrogens is 300 g/mol. The minimum Gasteiger partial charge on any atom is -0.310 e. The minimum atomic E-state index is 0.679. The van der Waals surface area contributed by atoms with Crippen LogP contribution in [0.5, 0.6) is 0 Å². The molecular formula is C17H15ClN2S. The Kier molecular flexibility index (Phi) is 4.50. The zero-order valence-corrected chi connectivity index (χ0v) is 13.0. The van der Waals surface area contributed by atoms with Gasteiger partial charge in [-0.2, -0.15) is 5.26 Å². The molecule has 0 atom stereocenters. The van der Waals surface area contributed by atoms with E-state index in [1.54, 1.807) is 11.8 Å². The Morgan fingerprint density at radius 1 is 1.19 bits per heavy atom. The zero-order chi connectivity index (χ0) is 14.7. The number of rotatable bonds is 5. The van der Waals surface area contributed by atoms with Gasteiger partial charge in [0.05, 0.1) is 5.56 Å². The number of halogens is 1. The molecule has 0 unspecified atom stereocenters. The second kappa shape index (κ2) is 6.53. The Labute approximate surface area is 134 Å². The van der Waals surface area contributed by atoms with Gasteiger partial charge in [0.1, 0.15) is 6.07 Å². The maximum atomic E-state index is 9.35. The van der Waals surface area contributed by atoms with Crippen LogP contribution in [-0.4, -0.2) is 6.04 Å². The molecule has 1 N–H and O–H groups in total. The summed E-state index contributed by atoms with van der Waals surface area (Å²) in [5, 5.41) is 13.5. The molecule has 0 amide bonds. The van der Waals surface area contributed by atoms with Gasteiger partial charge in [0.15, 0.2) is 0 Å². The maximum Gasteiger partial charge on any atom is 0.100 e. The van der Waals surface area contributed by atoms with Crippen molar-refractivity contribution in [3.63, 3.8) is 0 Å². The van der Waals surface area contributed by atoms with Crippen LogP contribution in [0.15, 0.2) is 52.3 Å². The molecule has 3 rings (SSSR count). The van der Waals surface area contributed by atoms with E-state index in [2.05, 4.69) is 17.5 Å². The molecule has 106 valence electrons. The molecule has 2 nitrogen and oxygen atoms in total. The summed E-state index contributed by atoms with van der Waals surface area (Å²) in [7, 11) is 0. The summed E-state index contributed by atoms with van der Waals surface area (Å²) in [6, 6.07) is 16.7. The lowest BCUT2D eigenvalue weighted by molar-refractivity contribution is 0.687. The quantitative estimate of drug-likeness (QED) is 0.875. The molecule has 21 heavy (non-hydrogen) atoms. The number of nitrogens with one attached hydrogen (secondary N) is 1. The van der Waals surface area contributed by atoms with Crippen molar-refractivity contribution in [1.29, 1.82) is 5.26 Å². The average Bonchev–Trinajstić information content (AvgIpc) is 3.33. The molecule has 1 saturated carbocycles. The Balaban J connectivity index is 1.74. The van der Waals surface area contributed by atoms with Crippen molar-refractivity contribution in [2.45, 2.75) is 35.2 Å². The highest BCUT2D eigenvalue weighted by atomic mass is 35.5. The lowest BCUT2D eigenvalue weighted by atomic mass is 10.1. The fraction of sp³-hybridized carbons (Fsp3) is 0.235. The zero-order valence-electron chi connectivity index (χ0n) is 11.5. The molecule has 1 aliphatic carbocycles. The predicted octanol–water partition coefficient (Wildman–Crippen LogP) is 4.61. The van der Waals surface area contributed by atoms with Gasteiger partial charge in [0.25, 0.3) is 0 Å². The van der Waals surface area contributed by atoms with Crippen LogP contribution < -0.4 is 5.32 Å². The monoisotopic (exact) mass is 314 g/mol. The third-order valence-electron chi connectivity index (χ3n) is 3.38. The summed E-state index contributed by atoms with van der Waals surface area (Å²) in [4.78, 5) is 2.06. The second-order valence-electron chi connectivity index (χ2n) is 5.15. The van der Waals surface area contributed by atoms with E-state index in [-0.39, 0.29) is 0 Å². The second-order valence-corrected chi connectivity index (χ2v) is 6.71. The van der Waals surface area contributed by atoms with Gasteiger partial charge in [-0.25, -0.2) is 0 Å². The van der Waals surface area contributed by atoms with Crippen LogP contribution in [0.1, 0.15) is 24.0 Å². The first kappa shape index (κ1) is 14.5. The number of nitriles is 1. The molecule has 1 aliphatic rings. The number of hydrogen-bond acceptors (Lipinski definition) is 3. The predicted molar refractivity (Wildman–Crippen MR) is 86.6 cm³/mol. The Hall–Kier alpha value is -1.47. The lowest BCUT2D eigenvalue weighted by Gasteiger charge is -2.08. The molecule has 2 aromatic rings. The molecule has 4 heteroatoms. The van der Waals surface area contributed by atoms with E-state index >= 15 is 0 Å². The van der Waals surface area contributed by atoms with E-state index in [0.29, 0.717) is 6.04 Å². The first-order valence-corrected chi connectivity index (χ1v) is 8.14. The number of benzene rings is 2. The lowest BCUT2D eigenvalue weighted by Crippen LogP contribution is -2.15. The van der Waals surface area contributed by atoms with Crippen LogP contribution in [-0.2, 0) is 6.54 Å². The van der Waals surface area contributed by atoms with Crippen LogP contribution in [0.3, 0.4) is 0 Å². The highest BCUT2D eigenvalue weighted by Gasteiger charge is 2.20. The van der Waals surface area contributed by atoms with Gasteiger partial charge in [-0.05, 0) is 54.8 Å². The van der Waals surface area contributed by atoms with Crippen LogP contribution in [0.2, 0.25) is 5.02 Å². The van der Waals surface area contributed by atoms with Gasteiger partial charge >= 0.3 is 0 Å². The van der Waals surface area contributed by atoms with Gasteiger partial charge in [-0.3, -0.25) is 0 Å². The summed E-state index contributed by atoms with van der Waals surface area (Å²) < 4.78 is 0. The third kappa shape index (κ3) is 4.01. The Morgan fingerprint density at radius 3 is 2.62 bits per heavy atom. The van der Waals surface area contributed by atoms with Crippen molar-refractivity contribution in [1.82, 2.24) is 5.32 Å². The molecule has 0 aromatic heterocycles. The fourth-order valence-corrected chi connectivity index (χ4v) is 3.05. The number of hydrogen-bond donors (Lipinski definition) is 1. The van der Waals surface area contributed by atoms with Crippen LogP contribution >= 0.6 is 23.4 Å². The van der Waals surface area contributed by atoms with Crippen molar-refractivity contribution in [2.24, 2.45) is 0 Å². The van der Waals surface area contributed by atoms with Gasteiger partial charge in [0.2, 0.25) is 0 Å². The van der Waals surface area contributed by atoms with Gasteiger partial charge in [0, 0.05) is 27.4 Å². The van der Waals surface area contributed by atoms with Crippen LogP contribution in [0.4, 0.5) is 0 Å². The highest BCUT2D eigenvalue weighted by Crippen LogP contribution is 2.31. The van der Waals surface area contributed by atoms with Gasteiger partial charge in [-0.1, -0.05) is 29.4 Å². The first-order chi connectivity index (χ1) is 10.2. The number of nitrogens with zero attached hydrogens (tertiary/aromatic N) is 1. The Morgan fingerprint density at radius 2 is 1.95 bits per heavy atom. The summed E-state index contributed by atoms with van der Waals surface area (Å²) >= 11 is 7.48. The van der Waals surface area contributed by atoms with Gasteiger partial charge in [-0.15, -0.1) is 0 Å². The van der Waals surface area contributed by atoms with Crippen molar-refractivity contribution in [2.75, 3.05) is 0 Å². The largest absolute Gasteiger partial charge is 0.310 e. The van der Waals surface area contributed by atoms with E-state index < -0.39 is 0 Å². The topological polar surface area (TPSA) is 35.8 Å². The fourth-order valence-electron chi connectivity index (χ4n) is 2.04. The van der Waals surface area contributed by atoms with E-state index in [1.807, 2.05) is 36.4 Å². The first-order valence-electron chi connectivity index (χ1n) is 6.94. The molecule has 0 aliphatic heterocycles. The van der Waals surface area contributed by atoms with E-state index in [1.165, 1.54) is 18.4 Å². The molecule has 0 bridgehead atoms. The third-order valence-corrected chi connectivity index (χ3v) is 4.71. The highest BCUT2D eigenvalue weighted by molar-refractivity contribution is 7.99.